The number of nitrogens with one attached hydrogen (secondary N) is 1. The number of fused-ring (bicyclic) bond motifs is 1. The SMILES string of the molecule is CCN1C(=O)C(C)(C)C(=O)N(C)c2cc(CNC(C)c3cccnc3C)ccc21. The van der Waals surface area contributed by atoms with Crippen molar-refractivity contribution in [3.63, 3.8) is 0 Å². The van der Waals surface area contributed by atoms with E-state index in [2.05, 4.69) is 23.3 Å². The molecule has 1 aliphatic rings. The second-order valence-corrected chi connectivity index (χ2v) is 8.14. The van der Waals surface area contributed by atoms with Gasteiger partial charge in [-0.05, 0) is 63.9 Å². The van der Waals surface area contributed by atoms with Crippen LogP contribution in [0.1, 0.15) is 50.6 Å². The van der Waals surface area contributed by atoms with Gasteiger partial charge >= 0.3 is 0 Å². The molecule has 1 unspecified atom stereocenters. The maximum atomic E-state index is 13.0. The molecule has 2 aromatic rings. The first-order valence-corrected chi connectivity index (χ1v) is 10.1. The Kier molecular flexibility index (Phi) is 5.75. The molecule has 2 amide bonds. The number of amides is 2. The molecule has 1 aromatic heterocycles. The summed E-state index contributed by atoms with van der Waals surface area (Å²) in [6.07, 6.45) is 1.80. The van der Waals surface area contributed by atoms with Crippen LogP contribution >= 0.6 is 0 Å². The highest BCUT2D eigenvalue weighted by molar-refractivity contribution is 6.19. The van der Waals surface area contributed by atoms with Crippen LogP contribution < -0.4 is 15.1 Å². The van der Waals surface area contributed by atoms with Gasteiger partial charge in [0.2, 0.25) is 11.8 Å². The lowest BCUT2D eigenvalue weighted by Gasteiger charge is -2.27. The van der Waals surface area contributed by atoms with E-state index in [1.54, 1.807) is 36.9 Å². The lowest BCUT2D eigenvalue weighted by atomic mass is 9.90. The fourth-order valence-corrected chi connectivity index (χ4v) is 3.89. The van der Waals surface area contributed by atoms with Crippen LogP contribution in [0.3, 0.4) is 0 Å². The normalized spacial score (nSPS) is 17.2. The van der Waals surface area contributed by atoms with E-state index in [9.17, 15) is 9.59 Å². The van der Waals surface area contributed by atoms with E-state index in [1.165, 1.54) is 5.56 Å². The maximum absolute atomic E-state index is 13.0. The Hall–Kier alpha value is -2.73. The van der Waals surface area contributed by atoms with Gasteiger partial charge in [0, 0.05) is 38.1 Å². The molecular formula is C23H30N4O2. The van der Waals surface area contributed by atoms with Gasteiger partial charge in [0.25, 0.3) is 0 Å². The van der Waals surface area contributed by atoms with Crippen molar-refractivity contribution in [3.8, 4) is 0 Å². The molecule has 3 rings (SSSR count). The highest BCUT2D eigenvalue weighted by atomic mass is 16.2. The molecule has 0 fully saturated rings. The highest BCUT2D eigenvalue weighted by Crippen LogP contribution is 2.38. The Labute approximate surface area is 172 Å². The van der Waals surface area contributed by atoms with Crippen LogP contribution in [0.15, 0.2) is 36.5 Å². The van der Waals surface area contributed by atoms with E-state index in [0.29, 0.717) is 13.1 Å². The van der Waals surface area contributed by atoms with Crippen LogP contribution in [-0.4, -0.2) is 30.4 Å². The molecule has 0 aliphatic carbocycles. The zero-order valence-corrected chi connectivity index (χ0v) is 18.1. The van der Waals surface area contributed by atoms with E-state index in [4.69, 9.17) is 0 Å². The summed E-state index contributed by atoms with van der Waals surface area (Å²) in [5.74, 6) is -0.355. The van der Waals surface area contributed by atoms with Crippen molar-refractivity contribution in [3.05, 3.63) is 53.3 Å². The summed E-state index contributed by atoms with van der Waals surface area (Å²) in [6, 6.07) is 10.1. The van der Waals surface area contributed by atoms with E-state index >= 15 is 0 Å². The molecule has 0 bridgehead atoms. The van der Waals surface area contributed by atoms with Gasteiger partial charge in [0.1, 0.15) is 5.41 Å². The molecule has 154 valence electrons. The Balaban J connectivity index is 1.89. The van der Waals surface area contributed by atoms with Gasteiger partial charge in [-0.2, -0.15) is 0 Å². The Bertz CT molecular complexity index is 938. The van der Waals surface area contributed by atoms with Crippen LogP contribution in [0.5, 0.6) is 0 Å². The number of benzene rings is 1. The quantitative estimate of drug-likeness (QED) is 0.787. The number of aromatic nitrogens is 1. The van der Waals surface area contributed by atoms with Gasteiger partial charge < -0.3 is 15.1 Å². The minimum Gasteiger partial charge on any atom is -0.313 e. The van der Waals surface area contributed by atoms with Crippen molar-refractivity contribution in [2.45, 2.75) is 47.2 Å². The molecule has 1 aliphatic heterocycles. The van der Waals surface area contributed by atoms with Crippen molar-refractivity contribution >= 4 is 23.2 Å². The second-order valence-electron chi connectivity index (χ2n) is 8.14. The first kappa shape index (κ1) is 21.0. The van der Waals surface area contributed by atoms with E-state index in [-0.39, 0.29) is 17.9 Å². The van der Waals surface area contributed by atoms with Gasteiger partial charge in [-0.25, -0.2) is 0 Å². The van der Waals surface area contributed by atoms with Gasteiger partial charge in [0.15, 0.2) is 0 Å². The fraction of sp³-hybridized carbons (Fsp3) is 0.435. The van der Waals surface area contributed by atoms with Gasteiger partial charge in [-0.15, -0.1) is 0 Å². The minimum atomic E-state index is -1.09. The van der Waals surface area contributed by atoms with Gasteiger partial charge in [0.05, 0.1) is 11.4 Å². The number of anilines is 2. The zero-order chi connectivity index (χ0) is 21.3. The van der Waals surface area contributed by atoms with Gasteiger partial charge in [-0.3, -0.25) is 14.6 Å². The average Bonchev–Trinajstić information content (AvgIpc) is 2.76. The van der Waals surface area contributed by atoms with Crippen molar-refractivity contribution in [2.24, 2.45) is 5.41 Å². The fourth-order valence-electron chi connectivity index (χ4n) is 3.89. The summed E-state index contributed by atoms with van der Waals surface area (Å²) in [6.45, 7) is 10.6. The second kappa shape index (κ2) is 7.95. The van der Waals surface area contributed by atoms with Crippen molar-refractivity contribution in [1.29, 1.82) is 0 Å². The van der Waals surface area contributed by atoms with Crippen LogP contribution in [0.4, 0.5) is 11.4 Å². The topological polar surface area (TPSA) is 65.5 Å². The lowest BCUT2D eigenvalue weighted by Crippen LogP contribution is -2.47. The predicted molar refractivity (Wildman–Crippen MR) is 116 cm³/mol. The van der Waals surface area contributed by atoms with Crippen LogP contribution in [0.2, 0.25) is 0 Å². The summed E-state index contributed by atoms with van der Waals surface area (Å²) in [4.78, 5) is 33.6. The standard InChI is InChI=1S/C23H30N4O2/c1-7-27-19-11-10-17(14-25-16(3)18-9-8-12-24-15(18)2)13-20(19)26(6)21(28)23(4,5)22(27)29/h8-13,16,25H,7,14H2,1-6H3. The Morgan fingerprint density at radius 1 is 1.14 bits per heavy atom. The van der Waals surface area contributed by atoms with Crippen molar-refractivity contribution in [2.75, 3.05) is 23.4 Å². The Morgan fingerprint density at radius 2 is 1.86 bits per heavy atom. The third-order valence-corrected chi connectivity index (χ3v) is 5.75. The number of rotatable bonds is 5. The molecule has 0 saturated carbocycles. The first-order valence-electron chi connectivity index (χ1n) is 10.1. The summed E-state index contributed by atoms with van der Waals surface area (Å²) in [5, 5.41) is 3.53. The van der Waals surface area contributed by atoms with Crippen molar-refractivity contribution in [1.82, 2.24) is 10.3 Å². The van der Waals surface area contributed by atoms with E-state index in [0.717, 1.165) is 22.6 Å². The maximum Gasteiger partial charge on any atom is 0.242 e. The number of aryl methyl sites for hydroxylation is 1. The highest BCUT2D eigenvalue weighted by Gasteiger charge is 2.45. The summed E-state index contributed by atoms with van der Waals surface area (Å²) >= 11 is 0. The molecule has 0 radical (unpaired) electrons. The zero-order valence-electron chi connectivity index (χ0n) is 18.1. The number of pyridine rings is 1. The number of hydrogen-bond acceptors (Lipinski definition) is 4. The number of carbonyl (C=O) groups excluding carboxylic acids is 2. The largest absolute Gasteiger partial charge is 0.313 e. The molecule has 6 heteroatoms. The van der Waals surface area contributed by atoms with Crippen molar-refractivity contribution < 1.29 is 9.59 Å². The van der Waals surface area contributed by atoms with Crippen LogP contribution in [0.25, 0.3) is 0 Å². The monoisotopic (exact) mass is 394 g/mol. The molecule has 29 heavy (non-hydrogen) atoms. The molecule has 0 spiro atoms. The third kappa shape index (κ3) is 3.77. The average molecular weight is 395 g/mol. The Morgan fingerprint density at radius 3 is 2.52 bits per heavy atom. The predicted octanol–water partition coefficient (Wildman–Crippen LogP) is 3.60. The minimum absolute atomic E-state index is 0.148. The first-order chi connectivity index (χ1) is 13.7. The summed E-state index contributed by atoms with van der Waals surface area (Å²) in [5.41, 5.74) is 3.69. The number of hydrogen-bond donors (Lipinski definition) is 1. The smallest absolute Gasteiger partial charge is 0.242 e. The van der Waals surface area contributed by atoms with E-state index in [1.807, 2.05) is 38.1 Å². The van der Waals surface area contributed by atoms with Crippen LogP contribution in [0, 0.1) is 12.3 Å². The third-order valence-electron chi connectivity index (χ3n) is 5.75. The lowest BCUT2D eigenvalue weighted by molar-refractivity contribution is -0.137. The molecule has 2 heterocycles. The number of nitrogens with zero attached hydrogens (tertiary/aromatic N) is 3. The van der Waals surface area contributed by atoms with Crippen LogP contribution in [-0.2, 0) is 16.1 Å². The molecule has 1 atom stereocenters. The molecule has 0 saturated heterocycles. The molecule has 6 nitrogen and oxygen atoms in total. The van der Waals surface area contributed by atoms with Gasteiger partial charge in [-0.1, -0.05) is 12.1 Å². The summed E-state index contributed by atoms with van der Waals surface area (Å²) < 4.78 is 0. The molecular weight excluding hydrogens is 364 g/mol. The molecule has 1 aromatic carbocycles. The van der Waals surface area contributed by atoms with E-state index < -0.39 is 5.41 Å². The number of carbonyl (C=O) groups is 2. The summed E-state index contributed by atoms with van der Waals surface area (Å²) in [7, 11) is 1.74. The molecule has 1 N–H and O–H groups in total.